The van der Waals surface area contributed by atoms with E-state index in [1.165, 1.54) is 12.1 Å². The van der Waals surface area contributed by atoms with Crippen molar-refractivity contribution < 1.29 is 19.4 Å². The van der Waals surface area contributed by atoms with Crippen molar-refractivity contribution in [1.82, 2.24) is 5.32 Å². The highest BCUT2D eigenvalue weighted by atomic mass is 79.9. The van der Waals surface area contributed by atoms with Gasteiger partial charge in [-0.15, -0.1) is 0 Å². The number of hydrogen-bond acceptors (Lipinski definition) is 4. The summed E-state index contributed by atoms with van der Waals surface area (Å²) < 4.78 is 5.88. The molecule has 1 heterocycles. The third kappa shape index (κ3) is 3.36. The summed E-state index contributed by atoms with van der Waals surface area (Å²) in [6.07, 6.45) is 0. The summed E-state index contributed by atoms with van der Waals surface area (Å²) in [6.45, 7) is 0.852. The van der Waals surface area contributed by atoms with Gasteiger partial charge in [0.2, 0.25) is 5.91 Å². The number of halogens is 1. The van der Waals surface area contributed by atoms with Crippen molar-refractivity contribution >= 4 is 33.5 Å². The molecule has 6 nitrogen and oxygen atoms in total. The van der Waals surface area contributed by atoms with Crippen molar-refractivity contribution in [3.8, 4) is 0 Å². The minimum absolute atomic E-state index is 0.0268. The maximum atomic E-state index is 12.2. The van der Waals surface area contributed by atoms with E-state index in [-0.39, 0.29) is 23.4 Å². The third-order valence-corrected chi connectivity index (χ3v) is 3.66. The SMILES string of the molecule is CNC1COCC1C(=O)Nc1cc(Br)cc(C(=O)O)c1. The molecule has 1 aromatic rings. The smallest absolute Gasteiger partial charge is 0.335 e. The fourth-order valence-electron chi connectivity index (χ4n) is 2.12. The van der Waals surface area contributed by atoms with E-state index in [0.717, 1.165) is 0 Å². The van der Waals surface area contributed by atoms with Crippen LogP contribution in [0.25, 0.3) is 0 Å². The lowest BCUT2D eigenvalue weighted by molar-refractivity contribution is -0.120. The molecule has 0 aromatic heterocycles. The maximum Gasteiger partial charge on any atom is 0.335 e. The zero-order valence-corrected chi connectivity index (χ0v) is 12.4. The topological polar surface area (TPSA) is 87.7 Å². The molecule has 1 aromatic carbocycles. The number of nitrogens with one attached hydrogen (secondary N) is 2. The first-order valence-corrected chi connectivity index (χ1v) is 6.90. The lowest BCUT2D eigenvalue weighted by Gasteiger charge is -2.16. The van der Waals surface area contributed by atoms with Crippen molar-refractivity contribution in [2.24, 2.45) is 5.92 Å². The van der Waals surface area contributed by atoms with E-state index in [2.05, 4.69) is 26.6 Å². The van der Waals surface area contributed by atoms with E-state index in [4.69, 9.17) is 9.84 Å². The maximum absolute atomic E-state index is 12.2. The molecule has 1 aliphatic rings. The first-order chi connectivity index (χ1) is 9.51. The van der Waals surface area contributed by atoms with Gasteiger partial charge in [0.15, 0.2) is 0 Å². The van der Waals surface area contributed by atoms with Crippen molar-refractivity contribution in [2.75, 3.05) is 25.6 Å². The highest BCUT2D eigenvalue weighted by molar-refractivity contribution is 9.10. The molecule has 1 saturated heterocycles. The Balaban J connectivity index is 2.13. The van der Waals surface area contributed by atoms with Crippen LogP contribution in [-0.4, -0.2) is 43.3 Å². The molecule has 1 amide bonds. The molecule has 0 aliphatic carbocycles. The fourth-order valence-corrected chi connectivity index (χ4v) is 2.61. The van der Waals surface area contributed by atoms with Crippen LogP contribution in [0.1, 0.15) is 10.4 Å². The van der Waals surface area contributed by atoms with E-state index in [0.29, 0.717) is 23.4 Å². The van der Waals surface area contributed by atoms with Gasteiger partial charge in [-0.05, 0) is 25.2 Å². The Kier molecular flexibility index (Phi) is 4.74. The first-order valence-electron chi connectivity index (χ1n) is 6.11. The van der Waals surface area contributed by atoms with Crippen LogP contribution in [0.2, 0.25) is 0 Å². The van der Waals surface area contributed by atoms with Crippen molar-refractivity contribution in [3.05, 3.63) is 28.2 Å². The predicted molar refractivity (Wildman–Crippen MR) is 76.9 cm³/mol. The second kappa shape index (κ2) is 6.34. The number of anilines is 1. The average molecular weight is 343 g/mol. The molecule has 2 unspecified atom stereocenters. The Labute approximate surface area is 124 Å². The van der Waals surface area contributed by atoms with Crippen LogP contribution in [0.4, 0.5) is 5.69 Å². The van der Waals surface area contributed by atoms with Gasteiger partial charge in [-0.2, -0.15) is 0 Å². The molecule has 7 heteroatoms. The molecule has 0 radical (unpaired) electrons. The van der Waals surface area contributed by atoms with Gasteiger partial charge in [-0.3, -0.25) is 4.79 Å². The van der Waals surface area contributed by atoms with E-state index < -0.39 is 5.97 Å². The summed E-state index contributed by atoms with van der Waals surface area (Å²) in [5, 5.41) is 14.8. The zero-order chi connectivity index (χ0) is 14.7. The summed E-state index contributed by atoms with van der Waals surface area (Å²) in [5.41, 5.74) is 0.561. The zero-order valence-electron chi connectivity index (χ0n) is 10.9. The molecule has 20 heavy (non-hydrogen) atoms. The molecular weight excluding hydrogens is 328 g/mol. The van der Waals surface area contributed by atoms with Crippen LogP contribution >= 0.6 is 15.9 Å². The van der Waals surface area contributed by atoms with Gasteiger partial charge in [0, 0.05) is 16.2 Å². The summed E-state index contributed by atoms with van der Waals surface area (Å²) >= 11 is 3.23. The molecule has 2 atom stereocenters. The Morgan fingerprint density at radius 3 is 2.75 bits per heavy atom. The van der Waals surface area contributed by atoms with E-state index >= 15 is 0 Å². The minimum Gasteiger partial charge on any atom is -0.478 e. The highest BCUT2D eigenvalue weighted by Gasteiger charge is 2.33. The number of carboxylic acids is 1. The summed E-state index contributed by atoms with van der Waals surface area (Å²) in [7, 11) is 1.78. The molecule has 0 spiro atoms. The molecule has 0 saturated carbocycles. The van der Waals surface area contributed by atoms with E-state index in [1.54, 1.807) is 13.1 Å². The summed E-state index contributed by atoms with van der Waals surface area (Å²) in [4.78, 5) is 23.2. The Morgan fingerprint density at radius 1 is 1.35 bits per heavy atom. The second-order valence-corrected chi connectivity index (χ2v) is 5.48. The van der Waals surface area contributed by atoms with Gasteiger partial charge in [0.25, 0.3) is 0 Å². The van der Waals surface area contributed by atoms with Crippen LogP contribution < -0.4 is 10.6 Å². The Bertz CT molecular complexity index is 535. The summed E-state index contributed by atoms with van der Waals surface area (Å²) in [6, 6.07) is 4.54. The fraction of sp³-hybridized carbons (Fsp3) is 0.385. The second-order valence-electron chi connectivity index (χ2n) is 4.56. The average Bonchev–Trinajstić information content (AvgIpc) is 2.86. The number of carbonyl (C=O) groups excluding carboxylic acids is 1. The normalized spacial score (nSPS) is 21.7. The lowest BCUT2D eigenvalue weighted by Crippen LogP contribution is -2.39. The van der Waals surface area contributed by atoms with E-state index in [1.807, 2.05) is 0 Å². The van der Waals surface area contributed by atoms with Crippen molar-refractivity contribution in [1.29, 1.82) is 0 Å². The number of benzene rings is 1. The minimum atomic E-state index is -1.04. The molecular formula is C13H15BrN2O4. The standard InChI is InChI=1S/C13H15BrN2O4/c1-15-11-6-20-5-10(11)12(17)16-9-3-7(13(18)19)2-8(14)4-9/h2-4,10-11,15H,5-6H2,1H3,(H,16,17)(H,18,19). The van der Waals surface area contributed by atoms with Gasteiger partial charge in [0.05, 0.1) is 24.7 Å². The first kappa shape index (κ1) is 15.0. The number of rotatable bonds is 4. The number of amides is 1. The largest absolute Gasteiger partial charge is 0.478 e. The van der Waals surface area contributed by atoms with E-state index in [9.17, 15) is 9.59 Å². The number of aromatic carboxylic acids is 1. The quantitative estimate of drug-likeness (QED) is 0.768. The number of likely N-dealkylation sites (N-methyl/N-ethyl adjacent to an activating group) is 1. The monoisotopic (exact) mass is 342 g/mol. The highest BCUT2D eigenvalue weighted by Crippen LogP contribution is 2.22. The molecule has 1 aliphatic heterocycles. The molecule has 0 bridgehead atoms. The van der Waals surface area contributed by atoms with Gasteiger partial charge in [-0.25, -0.2) is 4.79 Å². The van der Waals surface area contributed by atoms with Crippen LogP contribution in [-0.2, 0) is 9.53 Å². The summed E-state index contributed by atoms with van der Waals surface area (Å²) in [5.74, 6) is -1.51. The van der Waals surface area contributed by atoms with Gasteiger partial charge in [-0.1, -0.05) is 15.9 Å². The number of carbonyl (C=O) groups is 2. The Morgan fingerprint density at radius 2 is 2.10 bits per heavy atom. The van der Waals surface area contributed by atoms with Crippen molar-refractivity contribution in [3.63, 3.8) is 0 Å². The van der Waals surface area contributed by atoms with Crippen molar-refractivity contribution in [2.45, 2.75) is 6.04 Å². The van der Waals surface area contributed by atoms with Crippen LogP contribution in [0.15, 0.2) is 22.7 Å². The molecule has 1 fully saturated rings. The van der Waals surface area contributed by atoms with Crippen LogP contribution in [0.3, 0.4) is 0 Å². The van der Waals surface area contributed by atoms with Gasteiger partial charge >= 0.3 is 5.97 Å². The lowest BCUT2D eigenvalue weighted by atomic mass is 10.0. The Hall–Kier alpha value is -1.44. The van der Waals surface area contributed by atoms with Crippen LogP contribution in [0.5, 0.6) is 0 Å². The van der Waals surface area contributed by atoms with Gasteiger partial charge < -0.3 is 20.5 Å². The predicted octanol–water partition coefficient (Wildman–Crippen LogP) is 1.32. The molecule has 3 N–H and O–H groups in total. The molecule has 2 rings (SSSR count). The number of carboxylic acid groups (broad SMARTS) is 1. The number of hydrogen-bond donors (Lipinski definition) is 3. The molecule has 108 valence electrons. The van der Waals surface area contributed by atoms with Crippen LogP contribution in [0, 0.1) is 5.92 Å². The number of ether oxygens (including phenoxy) is 1. The van der Waals surface area contributed by atoms with Gasteiger partial charge in [0.1, 0.15) is 0 Å². The third-order valence-electron chi connectivity index (χ3n) is 3.20.